The van der Waals surface area contributed by atoms with Crippen molar-refractivity contribution in [2.24, 2.45) is 0 Å². The quantitative estimate of drug-likeness (QED) is 0.780. The summed E-state index contributed by atoms with van der Waals surface area (Å²) in [5, 5.41) is 6.11. The molecule has 2 aromatic carbocycles. The Bertz CT molecular complexity index is 690. The Labute approximate surface area is 144 Å². The lowest BCUT2D eigenvalue weighted by Gasteiger charge is -2.08. The summed E-state index contributed by atoms with van der Waals surface area (Å²) in [6.07, 6.45) is 0.450. The highest BCUT2D eigenvalue weighted by molar-refractivity contribution is 6.35. The Morgan fingerprint density at radius 3 is 2.43 bits per heavy atom. The largest absolute Gasteiger partial charge is 0.355 e. The van der Waals surface area contributed by atoms with E-state index in [4.69, 9.17) is 23.2 Å². The van der Waals surface area contributed by atoms with E-state index < -0.39 is 5.91 Å². The first-order chi connectivity index (χ1) is 11.0. The van der Waals surface area contributed by atoms with Gasteiger partial charge in [-0.15, -0.1) is 0 Å². The van der Waals surface area contributed by atoms with Gasteiger partial charge in [-0.05, 0) is 30.2 Å². The van der Waals surface area contributed by atoms with Crippen LogP contribution in [0.5, 0.6) is 0 Å². The van der Waals surface area contributed by atoms with Crippen LogP contribution in [0.2, 0.25) is 10.0 Å². The van der Waals surface area contributed by atoms with Gasteiger partial charge in [-0.1, -0.05) is 53.5 Å². The zero-order chi connectivity index (χ0) is 16.7. The molecule has 0 aliphatic heterocycles. The van der Waals surface area contributed by atoms with Crippen molar-refractivity contribution in [1.29, 1.82) is 0 Å². The van der Waals surface area contributed by atoms with Crippen molar-refractivity contribution in [2.45, 2.75) is 12.8 Å². The molecular weight excluding hydrogens is 335 g/mol. The van der Waals surface area contributed by atoms with E-state index in [2.05, 4.69) is 10.6 Å². The van der Waals surface area contributed by atoms with Gasteiger partial charge >= 0.3 is 0 Å². The average molecular weight is 351 g/mol. The van der Waals surface area contributed by atoms with Gasteiger partial charge in [-0.2, -0.15) is 0 Å². The van der Waals surface area contributed by atoms with Gasteiger partial charge in [0, 0.05) is 11.6 Å². The molecule has 2 N–H and O–H groups in total. The molecule has 0 saturated heterocycles. The summed E-state index contributed by atoms with van der Waals surface area (Å²) in [7, 11) is 0. The van der Waals surface area contributed by atoms with Gasteiger partial charge in [0.15, 0.2) is 0 Å². The van der Waals surface area contributed by atoms with E-state index in [1.807, 2.05) is 30.3 Å². The van der Waals surface area contributed by atoms with E-state index >= 15 is 0 Å². The van der Waals surface area contributed by atoms with Crippen molar-refractivity contribution < 1.29 is 9.59 Å². The van der Waals surface area contributed by atoms with Gasteiger partial charge < -0.3 is 10.6 Å². The molecular formula is C17H16Cl2N2O2. The molecule has 0 saturated carbocycles. The molecule has 2 amide bonds. The number of anilines is 1. The first kappa shape index (κ1) is 17.3. The number of hydrogen-bond acceptors (Lipinski definition) is 2. The predicted molar refractivity (Wildman–Crippen MR) is 92.9 cm³/mol. The zero-order valence-corrected chi connectivity index (χ0v) is 13.8. The molecule has 0 spiro atoms. The lowest BCUT2D eigenvalue weighted by molar-refractivity contribution is -0.126. The van der Waals surface area contributed by atoms with Gasteiger partial charge in [-0.25, -0.2) is 0 Å². The highest BCUT2D eigenvalue weighted by Gasteiger charge is 2.11. The van der Waals surface area contributed by atoms with E-state index in [9.17, 15) is 9.59 Å². The topological polar surface area (TPSA) is 58.2 Å². The normalized spacial score (nSPS) is 10.2. The van der Waals surface area contributed by atoms with Crippen LogP contribution in [0.15, 0.2) is 48.5 Å². The van der Waals surface area contributed by atoms with Crippen LogP contribution in [-0.2, 0) is 16.0 Å². The van der Waals surface area contributed by atoms with Gasteiger partial charge in [0.25, 0.3) is 0 Å². The monoisotopic (exact) mass is 350 g/mol. The number of hydrogen-bond donors (Lipinski definition) is 2. The number of benzene rings is 2. The number of amides is 2. The van der Waals surface area contributed by atoms with Crippen molar-refractivity contribution in [1.82, 2.24) is 5.32 Å². The smallest absolute Gasteiger partial charge is 0.233 e. The van der Waals surface area contributed by atoms with E-state index in [-0.39, 0.29) is 12.3 Å². The predicted octanol–water partition coefficient (Wildman–Crippen LogP) is 3.68. The Morgan fingerprint density at radius 2 is 1.70 bits per heavy atom. The van der Waals surface area contributed by atoms with Crippen LogP contribution in [-0.4, -0.2) is 18.4 Å². The highest BCUT2D eigenvalue weighted by Crippen LogP contribution is 2.25. The SMILES string of the molecule is O=C(CC(=O)Nc1cc(Cl)ccc1Cl)NCCc1ccccc1. The fourth-order valence-corrected chi connectivity index (χ4v) is 2.32. The second kappa shape index (κ2) is 8.56. The van der Waals surface area contributed by atoms with Crippen LogP contribution in [0.1, 0.15) is 12.0 Å². The van der Waals surface area contributed by atoms with Crippen LogP contribution >= 0.6 is 23.2 Å². The summed E-state index contributed by atoms with van der Waals surface area (Å²) >= 11 is 11.8. The summed E-state index contributed by atoms with van der Waals surface area (Å²) < 4.78 is 0. The molecule has 0 unspecified atom stereocenters. The van der Waals surface area contributed by atoms with Gasteiger partial charge in [0.2, 0.25) is 11.8 Å². The third-order valence-corrected chi connectivity index (χ3v) is 3.67. The van der Waals surface area contributed by atoms with Gasteiger partial charge in [0.05, 0.1) is 10.7 Å². The minimum atomic E-state index is -0.439. The Kier molecular flexibility index (Phi) is 6.44. The molecule has 4 nitrogen and oxygen atoms in total. The molecule has 23 heavy (non-hydrogen) atoms. The lowest BCUT2D eigenvalue weighted by atomic mass is 10.1. The number of rotatable bonds is 6. The molecule has 0 aromatic heterocycles. The van der Waals surface area contributed by atoms with Gasteiger partial charge in [0.1, 0.15) is 6.42 Å². The standard InChI is InChI=1S/C17H16Cl2N2O2/c18-13-6-7-14(19)15(10-13)21-17(23)11-16(22)20-9-8-12-4-2-1-3-5-12/h1-7,10H,8-9,11H2,(H,20,22)(H,21,23). The van der Waals surface area contributed by atoms with Gasteiger partial charge in [-0.3, -0.25) is 9.59 Å². The second-order valence-corrected chi connectivity index (χ2v) is 5.78. The second-order valence-electron chi connectivity index (χ2n) is 4.93. The van der Waals surface area contributed by atoms with Crippen molar-refractivity contribution >= 4 is 40.7 Å². The molecule has 0 atom stereocenters. The Balaban J connectivity index is 1.76. The minimum Gasteiger partial charge on any atom is -0.355 e. The van der Waals surface area contributed by atoms with Crippen molar-refractivity contribution in [3.63, 3.8) is 0 Å². The maximum absolute atomic E-state index is 11.8. The molecule has 6 heteroatoms. The number of halogens is 2. The number of nitrogens with one attached hydrogen (secondary N) is 2. The van der Waals surface area contributed by atoms with Crippen LogP contribution in [0.25, 0.3) is 0 Å². The van der Waals surface area contributed by atoms with E-state index in [1.54, 1.807) is 12.1 Å². The molecule has 0 aliphatic rings. The van der Waals surface area contributed by atoms with Crippen molar-refractivity contribution in [2.75, 3.05) is 11.9 Å². The average Bonchev–Trinajstić information content (AvgIpc) is 2.52. The maximum Gasteiger partial charge on any atom is 0.233 e. The lowest BCUT2D eigenvalue weighted by Crippen LogP contribution is -2.29. The molecule has 2 rings (SSSR count). The number of carbonyl (C=O) groups is 2. The molecule has 0 radical (unpaired) electrons. The van der Waals surface area contributed by atoms with Crippen LogP contribution in [0, 0.1) is 0 Å². The highest BCUT2D eigenvalue weighted by atomic mass is 35.5. The molecule has 0 heterocycles. The molecule has 0 fully saturated rings. The molecule has 0 aliphatic carbocycles. The summed E-state index contributed by atoms with van der Waals surface area (Å²) in [5.41, 5.74) is 1.52. The third-order valence-electron chi connectivity index (χ3n) is 3.10. The van der Waals surface area contributed by atoms with Crippen LogP contribution in [0.4, 0.5) is 5.69 Å². The molecule has 120 valence electrons. The first-order valence-electron chi connectivity index (χ1n) is 7.10. The first-order valence-corrected chi connectivity index (χ1v) is 7.86. The third kappa shape index (κ3) is 5.93. The zero-order valence-electron chi connectivity index (χ0n) is 12.3. The van der Waals surface area contributed by atoms with Crippen LogP contribution < -0.4 is 10.6 Å². The van der Waals surface area contributed by atoms with Crippen LogP contribution in [0.3, 0.4) is 0 Å². The number of carbonyl (C=O) groups excluding carboxylic acids is 2. The molecule has 0 bridgehead atoms. The van der Waals surface area contributed by atoms with E-state index in [1.165, 1.54) is 6.07 Å². The summed E-state index contributed by atoms with van der Waals surface area (Å²) in [5.74, 6) is -0.775. The van der Waals surface area contributed by atoms with E-state index in [0.29, 0.717) is 28.7 Å². The van der Waals surface area contributed by atoms with Crippen molar-refractivity contribution in [3.05, 3.63) is 64.1 Å². The molecule has 2 aromatic rings. The fourth-order valence-electron chi connectivity index (χ4n) is 1.99. The maximum atomic E-state index is 11.8. The summed E-state index contributed by atoms with van der Waals surface area (Å²) in [6.45, 7) is 0.480. The van der Waals surface area contributed by atoms with E-state index in [0.717, 1.165) is 5.56 Å². The minimum absolute atomic E-state index is 0.266. The summed E-state index contributed by atoms with van der Waals surface area (Å²) in [4.78, 5) is 23.6. The Morgan fingerprint density at radius 1 is 0.957 bits per heavy atom. The summed E-state index contributed by atoms with van der Waals surface area (Å²) in [6, 6.07) is 14.5. The Hall–Kier alpha value is -2.04. The fraction of sp³-hybridized carbons (Fsp3) is 0.176. The van der Waals surface area contributed by atoms with Crippen molar-refractivity contribution in [3.8, 4) is 0 Å².